The van der Waals surface area contributed by atoms with E-state index in [4.69, 9.17) is 4.74 Å². The van der Waals surface area contributed by atoms with Gasteiger partial charge < -0.3 is 15.0 Å². The lowest BCUT2D eigenvalue weighted by atomic mass is 10.3. The first-order valence-corrected chi connectivity index (χ1v) is 5.13. The molecule has 4 nitrogen and oxygen atoms in total. The van der Waals surface area contributed by atoms with Crippen molar-refractivity contribution in [2.24, 2.45) is 0 Å². The number of hydrogen-bond donors (Lipinski definition) is 1. The Morgan fingerprint density at radius 1 is 1.57 bits per heavy atom. The first kappa shape index (κ1) is 13.2. The molecule has 2 amide bonds. The van der Waals surface area contributed by atoms with Crippen molar-refractivity contribution in [3.05, 3.63) is 0 Å². The first-order valence-electron chi connectivity index (χ1n) is 5.13. The van der Waals surface area contributed by atoms with Crippen LogP contribution in [0.1, 0.15) is 26.7 Å². The minimum atomic E-state index is -0.0250. The van der Waals surface area contributed by atoms with E-state index in [1.807, 2.05) is 6.92 Å². The Labute approximate surface area is 86.6 Å². The Morgan fingerprint density at radius 2 is 2.21 bits per heavy atom. The molecule has 1 unspecified atom stereocenters. The third kappa shape index (κ3) is 5.07. The molecule has 0 bridgehead atoms. The molecule has 0 aliphatic carbocycles. The number of rotatable bonds is 6. The van der Waals surface area contributed by atoms with E-state index in [2.05, 4.69) is 12.2 Å². The van der Waals surface area contributed by atoms with Gasteiger partial charge in [-0.3, -0.25) is 0 Å². The number of carbonyl (C=O) groups is 1. The molecule has 0 spiro atoms. The number of methoxy groups -OCH3 is 1. The third-order valence-corrected chi connectivity index (χ3v) is 2.20. The second-order valence-electron chi connectivity index (χ2n) is 3.50. The number of amides is 2. The molecule has 0 fully saturated rings. The molecule has 0 aliphatic rings. The Balaban J connectivity index is 3.74. The summed E-state index contributed by atoms with van der Waals surface area (Å²) in [6.45, 7) is 5.38. The minimum Gasteiger partial charge on any atom is -0.383 e. The van der Waals surface area contributed by atoms with Crippen molar-refractivity contribution in [2.75, 3.05) is 27.3 Å². The van der Waals surface area contributed by atoms with Crippen molar-refractivity contribution < 1.29 is 9.53 Å². The van der Waals surface area contributed by atoms with E-state index in [1.54, 1.807) is 19.1 Å². The molecule has 4 heteroatoms. The molecule has 0 heterocycles. The van der Waals surface area contributed by atoms with E-state index in [9.17, 15) is 4.79 Å². The van der Waals surface area contributed by atoms with Gasteiger partial charge in [-0.2, -0.15) is 0 Å². The van der Waals surface area contributed by atoms with Crippen LogP contribution in [0.15, 0.2) is 0 Å². The quantitative estimate of drug-likeness (QED) is 0.663. The fraction of sp³-hybridized carbons (Fsp3) is 0.900. The van der Waals surface area contributed by atoms with Crippen LogP contribution in [-0.4, -0.2) is 44.3 Å². The lowest BCUT2D eigenvalue weighted by Crippen LogP contribution is -2.44. The van der Waals surface area contributed by atoms with E-state index in [1.165, 1.54) is 0 Å². The van der Waals surface area contributed by atoms with Crippen LogP contribution in [0.3, 0.4) is 0 Å². The molecule has 1 atom stereocenters. The van der Waals surface area contributed by atoms with E-state index < -0.39 is 0 Å². The number of hydrogen-bond acceptors (Lipinski definition) is 2. The highest BCUT2D eigenvalue weighted by Gasteiger charge is 2.14. The standard InChI is InChI=1S/C10H22N2O2/c1-5-6-7-11-10(13)12(3)9(2)8-14-4/h9H,5-8H2,1-4H3,(H,11,13). The van der Waals surface area contributed by atoms with Crippen LogP contribution in [0.4, 0.5) is 4.79 Å². The topological polar surface area (TPSA) is 41.6 Å². The Kier molecular flexibility index (Phi) is 7.20. The Bertz CT molecular complexity index is 162. The van der Waals surface area contributed by atoms with Gasteiger partial charge in [0.15, 0.2) is 0 Å². The van der Waals surface area contributed by atoms with Gasteiger partial charge in [-0.05, 0) is 13.3 Å². The molecule has 0 radical (unpaired) electrons. The zero-order valence-electron chi connectivity index (χ0n) is 9.67. The largest absolute Gasteiger partial charge is 0.383 e. The number of carbonyl (C=O) groups excluding carboxylic acids is 1. The maximum atomic E-state index is 11.5. The minimum absolute atomic E-state index is 0.0250. The summed E-state index contributed by atoms with van der Waals surface area (Å²) < 4.78 is 4.98. The molecule has 0 aliphatic heterocycles. The molecule has 0 saturated heterocycles. The summed E-state index contributed by atoms with van der Waals surface area (Å²) in [6.07, 6.45) is 2.12. The summed E-state index contributed by atoms with van der Waals surface area (Å²) in [6, 6.07) is 0.0876. The van der Waals surface area contributed by atoms with E-state index in [0.29, 0.717) is 6.61 Å². The van der Waals surface area contributed by atoms with E-state index in [-0.39, 0.29) is 12.1 Å². The van der Waals surface area contributed by atoms with Gasteiger partial charge in [0.1, 0.15) is 0 Å². The van der Waals surface area contributed by atoms with Gasteiger partial charge in [0.2, 0.25) is 0 Å². The second-order valence-corrected chi connectivity index (χ2v) is 3.50. The summed E-state index contributed by atoms with van der Waals surface area (Å²) in [5.74, 6) is 0. The summed E-state index contributed by atoms with van der Waals surface area (Å²) in [5, 5.41) is 2.85. The molecule has 0 aromatic rings. The van der Waals surface area contributed by atoms with Crippen LogP contribution in [-0.2, 0) is 4.74 Å². The Morgan fingerprint density at radius 3 is 2.71 bits per heavy atom. The number of unbranched alkanes of at least 4 members (excludes halogenated alkanes) is 1. The Hall–Kier alpha value is -0.770. The van der Waals surface area contributed by atoms with Crippen molar-refractivity contribution in [2.45, 2.75) is 32.7 Å². The van der Waals surface area contributed by atoms with Gasteiger partial charge in [0.05, 0.1) is 12.6 Å². The number of ether oxygens (including phenoxy) is 1. The number of likely N-dealkylation sites (N-methyl/N-ethyl adjacent to an activating group) is 1. The maximum Gasteiger partial charge on any atom is 0.317 e. The zero-order chi connectivity index (χ0) is 11.0. The summed E-state index contributed by atoms with van der Waals surface area (Å²) in [7, 11) is 3.42. The fourth-order valence-corrected chi connectivity index (χ4v) is 1.05. The fourth-order valence-electron chi connectivity index (χ4n) is 1.05. The maximum absolute atomic E-state index is 11.5. The van der Waals surface area contributed by atoms with Crippen molar-refractivity contribution in [3.63, 3.8) is 0 Å². The lowest BCUT2D eigenvalue weighted by molar-refractivity contribution is 0.123. The van der Waals surface area contributed by atoms with Crippen molar-refractivity contribution in [1.82, 2.24) is 10.2 Å². The van der Waals surface area contributed by atoms with Gasteiger partial charge in [0.25, 0.3) is 0 Å². The molecule has 0 rings (SSSR count). The predicted molar refractivity (Wildman–Crippen MR) is 57.4 cm³/mol. The van der Waals surface area contributed by atoms with Crippen LogP contribution in [0.5, 0.6) is 0 Å². The lowest BCUT2D eigenvalue weighted by Gasteiger charge is -2.24. The smallest absolute Gasteiger partial charge is 0.317 e. The van der Waals surface area contributed by atoms with Crippen LogP contribution in [0.2, 0.25) is 0 Å². The highest BCUT2D eigenvalue weighted by atomic mass is 16.5. The predicted octanol–water partition coefficient (Wildman–Crippen LogP) is 1.46. The number of nitrogens with one attached hydrogen (secondary N) is 1. The summed E-state index contributed by atoms with van der Waals surface area (Å²) in [4.78, 5) is 13.2. The normalized spacial score (nSPS) is 12.3. The molecule has 14 heavy (non-hydrogen) atoms. The van der Waals surface area contributed by atoms with Crippen molar-refractivity contribution >= 4 is 6.03 Å². The number of urea groups is 1. The molecule has 0 aromatic carbocycles. The van der Waals surface area contributed by atoms with Gasteiger partial charge in [0, 0.05) is 20.7 Å². The molecule has 1 N–H and O–H groups in total. The van der Waals surface area contributed by atoms with Gasteiger partial charge in [-0.15, -0.1) is 0 Å². The first-order chi connectivity index (χ1) is 6.63. The van der Waals surface area contributed by atoms with Crippen molar-refractivity contribution in [1.29, 1.82) is 0 Å². The van der Waals surface area contributed by atoms with E-state index >= 15 is 0 Å². The summed E-state index contributed by atoms with van der Waals surface area (Å²) in [5.41, 5.74) is 0. The zero-order valence-corrected chi connectivity index (χ0v) is 9.67. The van der Waals surface area contributed by atoms with Crippen molar-refractivity contribution in [3.8, 4) is 0 Å². The molecule has 84 valence electrons. The van der Waals surface area contributed by atoms with Gasteiger partial charge in [-0.1, -0.05) is 13.3 Å². The average Bonchev–Trinajstić information content (AvgIpc) is 2.17. The molecule has 0 aromatic heterocycles. The number of nitrogens with zero attached hydrogens (tertiary/aromatic N) is 1. The van der Waals surface area contributed by atoms with Crippen LogP contribution >= 0.6 is 0 Å². The van der Waals surface area contributed by atoms with Gasteiger partial charge in [-0.25, -0.2) is 4.79 Å². The van der Waals surface area contributed by atoms with Crippen LogP contribution in [0, 0.1) is 0 Å². The third-order valence-electron chi connectivity index (χ3n) is 2.20. The van der Waals surface area contributed by atoms with Crippen LogP contribution in [0.25, 0.3) is 0 Å². The molecular weight excluding hydrogens is 180 g/mol. The van der Waals surface area contributed by atoms with E-state index in [0.717, 1.165) is 19.4 Å². The molecule has 0 saturated carbocycles. The van der Waals surface area contributed by atoms with Gasteiger partial charge >= 0.3 is 6.03 Å². The highest BCUT2D eigenvalue weighted by Crippen LogP contribution is 1.96. The summed E-state index contributed by atoms with van der Waals surface area (Å²) >= 11 is 0. The monoisotopic (exact) mass is 202 g/mol. The second kappa shape index (κ2) is 7.62. The molecular formula is C10H22N2O2. The SMILES string of the molecule is CCCCNC(=O)N(C)C(C)COC. The van der Waals surface area contributed by atoms with Crippen LogP contribution < -0.4 is 5.32 Å². The average molecular weight is 202 g/mol. The highest BCUT2D eigenvalue weighted by molar-refractivity contribution is 5.74.